The quantitative estimate of drug-likeness (QED) is 0.411. The van der Waals surface area contributed by atoms with Crippen LogP contribution in [0.25, 0.3) is 11.0 Å². The van der Waals surface area contributed by atoms with Gasteiger partial charge in [0.2, 0.25) is 0 Å². The molecule has 1 amide bonds. The van der Waals surface area contributed by atoms with Crippen LogP contribution in [0, 0.1) is 0 Å². The summed E-state index contributed by atoms with van der Waals surface area (Å²) < 4.78 is 5.52. The lowest BCUT2D eigenvalue weighted by molar-refractivity contribution is 0.0938. The average molecular weight is 421 g/mol. The van der Waals surface area contributed by atoms with E-state index in [1.807, 2.05) is 79.7 Å². The van der Waals surface area contributed by atoms with Crippen LogP contribution in [0.1, 0.15) is 27.7 Å². The molecule has 0 fully saturated rings. The van der Waals surface area contributed by atoms with Crippen LogP contribution in [0.4, 0.5) is 0 Å². The van der Waals surface area contributed by atoms with Crippen LogP contribution >= 0.6 is 11.8 Å². The monoisotopic (exact) mass is 420 g/mol. The van der Waals surface area contributed by atoms with Crippen LogP contribution in [0.3, 0.4) is 0 Å². The van der Waals surface area contributed by atoms with Crippen molar-refractivity contribution in [2.75, 3.05) is 20.6 Å². The maximum Gasteiger partial charge on any atom is 0.251 e. The molecule has 0 bridgehead atoms. The van der Waals surface area contributed by atoms with E-state index in [2.05, 4.69) is 15.3 Å². The molecule has 4 aromatic rings. The molecule has 2 N–H and O–H groups in total. The summed E-state index contributed by atoms with van der Waals surface area (Å²) in [5.41, 5.74) is 3.61. The van der Waals surface area contributed by atoms with Crippen LogP contribution in [0.2, 0.25) is 0 Å². The normalized spacial score (nSPS) is 12.4. The number of carbonyl (C=O) groups excluding carboxylic acids is 1. The van der Waals surface area contributed by atoms with Gasteiger partial charge in [-0.1, -0.05) is 42.1 Å². The van der Waals surface area contributed by atoms with Crippen molar-refractivity contribution in [3.63, 3.8) is 0 Å². The summed E-state index contributed by atoms with van der Waals surface area (Å²) >= 11 is 1.59. The molecule has 1 atom stereocenters. The molecule has 7 heteroatoms. The number of aromatic amines is 1. The second kappa shape index (κ2) is 9.19. The van der Waals surface area contributed by atoms with E-state index in [-0.39, 0.29) is 11.9 Å². The molecular formula is C23H24N4O2S. The molecule has 0 radical (unpaired) electrons. The fourth-order valence-corrected chi connectivity index (χ4v) is 4.20. The number of furan rings is 1. The standard InChI is InChI=1S/C23H24N4O2S/c1-27(2)20(21-12-7-13-29-21)14-24-22(28)17-9-4-3-8-16(17)15-30-23-25-18-10-5-6-11-19(18)26-23/h3-13,20H,14-15H2,1-2H3,(H,24,28)(H,25,26). The summed E-state index contributed by atoms with van der Waals surface area (Å²) in [6, 6.07) is 19.4. The minimum Gasteiger partial charge on any atom is -0.468 e. The van der Waals surface area contributed by atoms with Gasteiger partial charge in [0.05, 0.1) is 23.3 Å². The summed E-state index contributed by atoms with van der Waals surface area (Å²) in [5.74, 6) is 1.39. The Balaban J connectivity index is 1.43. The van der Waals surface area contributed by atoms with Crippen molar-refractivity contribution in [2.24, 2.45) is 0 Å². The topological polar surface area (TPSA) is 74.2 Å². The van der Waals surface area contributed by atoms with Gasteiger partial charge in [0.1, 0.15) is 5.76 Å². The molecule has 0 aliphatic heterocycles. The van der Waals surface area contributed by atoms with Crippen molar-refractivity contribution < 1.29 is 9.21 Å². The SMILES string of the molecule is CN(C)C(CNC(=O)c1ccccc1CSc1nc2ccccc2[nH]1)c1ccco1. The maximum absolute atomic E-state index is 12.9. The minimum absolute atomic E-state index is 0.0268. The Kier molecular flexibility index (Phi) is 6.21. The van der Waals surface area contributed by atoms with E-state index in [0.717, 1.165) is 27.5 Å². The Morgan fingerprint density at radius 1 is 1.13 bits per heavy atom. The molecule has 154 valence electrons. The molecule has 0 aliphatic carbocycles. The first kappa shape index (κ1) is 20.3. The van der Waals surface area contributed by atoms with E-state index in [1.165, 1.54) is 0 Å². The number of nitrogens with one attached hydrogen (secondary N) is 2. The number of aromatic nitrogens is 2. The third kappa shape index (κ3) is 4.58. The number of benzene rings is 2. The molecule has 1 unspecified atom stereocenters. The summed E-state index contributed by atoms with van der Waals surface area (Å²) in [6.07, 6.45) is 1.65. The highest BCUT2D eigenvalue weighted by molar-refractivity contribution is 7.98. The van der Waals surface area contributed by atoms with Gasteiger partial charge >= 0.3 is 0 Å². The second-order valence-electron chi connectivity index (χ2n) is 7.21. The molecule has 2 aromatic heterocycles. The highest BCUT2D eigenvalue weighted by Gasteiger charge is 2.19. The molecule has 4 rings (SSSR count). The number of fused-ring (bicyclic) bond motifs is 1. The molecule has 2 aromatic carbocycles. The van der Waals surface area contributed by atoms with Crippen molar-refractivity contribution in [2.45, 2.75) is 17.0 Å². The van der Waals surface area contributed by atoms with Gasteiger partial charge in [0, 0.05) is 17.9 Å². The van der Waals surface area contributed by atoms with Gasteiger partial charge in [-0.2, -0.15) is 0 Å². The largest absolute Gasteiger partial charge is 0.468 e. The average Bonchev–Trinajstić information content (AvgIpc) is 3.42. The smallest absolute Gasteiger partial charge is 0.251 e. The van der Waals surface area contributed by atoms with Gasteiger partial charge in [-0.25, -0.2) is 4.98 Å². The molecule has 0 spiro atoms. The minimum atomic E-state index is -0.0887. The third-order valence-electron chi connectivity index (χ3n) is 4.94. The molecule has 0 aliphatic rings. The fourth-order valence-electron chi connectivity index (χ4n) is 3.31. The molecule has 0 saturated heterocycles. The summed E-state index contributed by atoms with van der Waals surface area (Å²) in [7, 11) is 3.94. The van der Waals surface area contributed by atoms with E-state index in [9.17, 15) is 4.79 Å². The number of carbonyl (C=O) groups is 1. The highest BCUT2D eigenvalue weighted by Crippen LogP contribution is 2.25. The fraction of sp³-hybridized carbons (Fsp3) is 0.217. The number of H-pyrrole nitrogens is 1. The van der Waals surface area contributed by atoms with Crippen LogP contribution < -0.4 is 5.32 Å². The first-order valence-electron chi connectivity index (χ1n) is 9.75. The van der Waals surface area contributed by atoms with Crippen molar-refractivity contribution in [1.29, 1.82) is 0 Å². The van der Waals surface area contributed by atoms with Gasteiger partial charge < -0.3 is 14.7 Å². The number of amides is 1. The second-order valence-corrected chi connectivity index (χ2v) is 8.17. The first-order chi connectivity index (χ1) is 14.6. The predicted octanol–water partition coefficient (Wildman–Crippen LogP) is 4.48. The number of para-hydroxylation sites is 2. The zero-order chi connectivity index (χ0) is 20.9. The lowest BCUT2D eigenvalue weighted by Gasteiger charge is -2.22. The Hall–Kier alpha value is -3.03. The Bertz CT molecular complexity index is 1090. The van der Waals surface area contributed by atoms with Crippen LogP contribution in [0.5, 0.6) is 0 Å². The predicted molar refractivity (Wildman–Crippen MR) is 120 cm³/mol. The van der Waals surface area contributed by atoms with E-state index in [4.69, 9.17) is 4.42 Å². The van der Waals surface area contributed by atoms with Gasteiger partial charge in [0.25, 0.3) is 5.91 Å². The molecule has 30 heavy (non-hydrogen) atoms. The lowest BCUT2D eigenvalue weighted by Crippen LogP contribution is -2.34. The molecular weight excluding hydrogens is 396 g/mol. The first-order valence-corrected chi connectivity index (χ1v) is 10.7. The Labute approximate surface area is 179 Å². The van der Waals surface area contributed by atoms with E-state index in [0.29, 0.717) is 17.9 Å². The molecule has 0 saturated carbocycles. The summed E-state index contributed by atoms with van der Waals surface area (Å²) in [5, 5.41) is 3.90. The lowest BCUT2D eigenvalue weighted by atomic mass is 10.1. The number of hydrogen-bond acceptors (Lipinski definition) is 5. The van der Waals surface area contributed by atoms with E-state index in [1.54, 1.807) is 18.0 Å². The van der Waals surface area contributed by atoms with Gasteiger partial charge in [-0.3, -0.25) is 9.69 Å². The third-order valence-corrected chi connectivity index (χ3v) is 5.87. The Morgan fingerprint density at radius 3 is 2.70 bits per heavy atom. The van der Waals surface area contributed by atoms with Gasteiger partial charge in [-0.15, -0.1) is 0 Å². The number of hydrogen-bond donors (Lipinski definition) is 2. The Morgan fingerprint density at radius 2 is 1.93 bits per heavy atom. The van der Waals surface area contributed by atoms with E-state index < -0.39 is 0 Å². The van der Waals surface area contributed by atoms with Crippen molar-refractivity contribution in [3.8, 4) is 0 Å². The maximum atomic E-state index is 12.9. The number of nitrogens with zero attached hydrogens (tertiary/aromatic N) is 2. The zero-order valence-electron chi connectivity index (χ0n) is 17.0. The summed E-state index contributed by atoms with van der Waals surface area (Å²) in [6.45, 7) is 0.463. The van der Waals surface area contributed by atoms with Crippen LogP contribution in [-0.2, 0) is 5.75 Å². The molecule has 2 heterocycles. The zero-order valence-corrected chi connectivity index (χ0v) is 17.8. The van der Waals surface area contributed by atoms with E-state index >= 15 is 0 Å². The summed E-state index contributed by atoms with van der Waals surface area (Å²) in [4.78, 5) is 22.9. The number of thioether (sulfide) groups is 1. The van der Waals surface area contributed by atoms with Crippen molar-refractivity contribution in [1.82, 2.24) is 20.2 Å². The number of rotatable bonds is 8. The van der Waals surface area contributed by atoms with Crippen molar-refractivity contribution in [3.05, 3.63) is 83.8 Å². The number of imidazole rings is 1. The van der Waals surface area contributed by atoms with Gasteiger partial charge in [0.15, 0.2) is 5.16 Å². The number of likely N-dealkylation sites (N-methyl/N-ethyl adjacent to an activating group) is 1. The van der Waals surface area contributed by atoms with Crippen LogP contribution in [-0.4, -0.2) is 41.4 Å². The van der Waals surface area contributed by atoms with Crippen molar-refractivity contribution >= 4 is 28.7 Å². The van der Waals surface area contributed by atoms with Crippen LogP contribution in [0.15, 0.2) is 76.5 Å². The highest BCUT2D eigenvalue weighted by atomic mass is 32.2. The van der Waals surface area contributed by atoms with Gasteiger partial charge in [-0.05, 0) is 50.0 Å². The molecule has 6 nitrogen and oxygen atoms in total.